The first-order chi connectivity index (χ1) is 15.5. The first-order valence-corrected chi connectivity index (χ1v) is 12.7. The van der Waals surface area contributed by atoms with Gasteiger partial charge in [-0.15, -0.1) is 24.2 Å². The predicted octanol–water partition coefficient (Wildman–Crippen LogP) is 6.79. The molecule has 2 heterocycles. The number of halogens is 2. The highest BCUT2D eigenvalue weighted by Gasteiger charge is 2.20. The maximum absolute atomic E-state index is 13.2. The molecule has 0 atom stereocenters. The summed E-state index contributed by atoms with van der Waals surface area (Å²) in [6.45, 7) is 5.62. The Kier molecular flexibility index (Phi) is 9.20. The summed E-state index contributed by atoms with van der Waals surface area (Å²) in [7, 11) is 0. The van der Waals surface area contributed by atoms with Gasteiger partial charge >= 0.3 is 0 Å². The molecule has 33 heavy (non-hydrogen) atoms. The Bertz CT molecular complexity index is 1190. The van der Waals surface area contributed by atoms with Crippen LogP contribution in [0, 0.1) is 13.8 Å². The molecule has 0 radical (unpaired) electrons. The Balaban J connectivity index is 0.00000306. The number of carbonyl (C=O) groups excluding carboxylic acids is 1. The van der Waals surface area contributed by atoms with Gasteiger partial charge in [-0.2, -0.15) is 0 Å². The highest BCUT2D eigenvalue weighted by atomic mass is 35.5. The second-order valence-corrected chi connectivity index (χ2v) is 10.2. The van der Waals surface area contributed by atoms with Crippen LogP contribution in [0.25, 0.3) is 10.2 Å². The van der Waals surface area contributed by atoms with Gasteiger partial charge in [-0.25, -0.2) is 9.97 Å². The number of hydrogen-bond acceptors (Lipinski definition) is 5. The van der Waals surface area contributed by atoms with Crippen molar-refractivity contribution in [2.45, 2.75) is 38.1 Å². The van der Waals surface area contributed by atoms with Crippen LogP contribution in [0.1, 0.15) is 24.0 Å². The first kappa shape index (κ1) is 25.6. The lowest BCUT2D eigenvalue weighted by atomic mass is 10.1. The zero-order chi connectivity index (χ0) is 22.5. The van der Waals surface area contributed by atoms with Crippen molar-refractivity contribution in [3.8, 4) is 0 Å². The molecule has 2 aromatic carbocycles. The van der Waals surface area contributed by atoms with Crippen LogP contribution in [-0.2, 0) is 11.3 Å². The van der Waals surface area contributed by atoms with Crippen LogP contribution >= 0.6 is 47.1 Å². The molecule has 0 N–H and O–H groups in total. The Hall–Kier alpha value is -2.06. The zero-order valence-electron chi connectivity index (χ0n) is 18.5. The Morgan fingerprint density at radius 2 is 1.97 bits per heavy atom. The van der Waals surface area contributed by atoms with Crippen molar-refractivity contribution in [1.82, 2.24) is 14.5 Å². The minimum Gasteiger partial charge on any atom is -0.337 e. The summed E-state index contributed by atoms with van der Waals surface area (Å²) in [5.74, 6) is 0.812. The van der Waals surface area contributed by atoms with Gasteiger partial charge in [0.05, 0.1) is 16.5 Å². The molecule has 0 fully saturated rings. The van der Waals surface area contributed by atoms with E-state index in [1.165, 1.54) is 11.1 Å². The number of thioether (sulfide) groups is 1. The van der Waals surface area contributed by atoms with E-state index in [2.05, 4.69) is 31.0 Å². The van der Waals surface area contributed by atoms with E-state index in [1.54, 1.807) is 35.6 Å². The fraction of sp³-hybridized carbons (Fsp3) is 0.292. The number of hydrogen-bond donors (Lipinski definition) is 0. The van der Waals surface area contributed by atoms with E-state index >= 15 is 0 Å². The summed E-state index contributed by atoms with van der Waals surface area (Å²) >= 11 is 9.22. The van der Waals surface area contributed by atoms with Crippen LogP contribution in [0.5, 0.6) is 0 Å². The van der Waals surface area contributed by atoms with Gasteiger partial charge in [0.25, 0.3) is 0 Å². The Morgan fingerprint density at radius 3 is 2.70 bits per heavy atom. The van der Waals surface area contributed by atoms with E-state index in [0.29, 0.717) is 18.7 Å². The topological polar surface area (TPSA) is 51.0 Å². The average Bonchev–Trinajstić information content (AvgIpc) is 3.45. The zero-order valence-corrected chi connectivity index (χ0v) is 21.7. The van der Waals surface area contributed by atoms with Gasteiger partial charge in [0, 0.05) is 47.6 Å². The number of aromatic nitrogens is 3. The number of thiazole rings is 1. The number of fused-ring (bicyclic) bond motifs is 1. The van der Waals surface area contributed by atoms with Crippen molar-refractivity contribution < 1.29 is 4.79 Å². The first-order valence-electron chi connectivity index (χ1n) is 10.5. The fourth-order valence-corrected chi connectivity index (χ4v) is 5.44. The van der Waals surface area contributed by atoms with E-state index in [9.17, 15) is 4.79 Å². The summed E-state index contributed by atoms with van der Waals surface area (Å²) in [4.78, 5) is 25.2. The molecular formula is C24H26Cl2N4OS2. The number of rotatable bonds is 9. The normalized spacial score (nSPS) is 10.9. The van der Waals surface area contributed by atoms with Crippen LogP contribution in [0.4, 0.5) is 5.13 Å². The second kappa shape index (κ2) is 11.9. The molecule has 0 spiro atoms. The van der Waals surface area contributed by atoms with E-state index < -0.39 is 0 Å². The minimum atomic E-state index is 0. The third-order valence-electron chi connectivity index (χ3n) is 5.36. The van der Waals surface area contributed by atoms with Crippen LogP contribution in [0.3, 0.4) is 0 Å². The molecule has 4 rings (SSSR count). The minimum absolute atomic E-state index is 0. The van der Waals surface area contributed by atoms with Crippen molar-refractivity contribution >= 4 is 68.4 Å². The van der Waals surface area contributed by atoms with Crippen molar-refractivity contribution in [3.05, 3.63) is 71.3 Å². The molecule has 0 unspecified atom stereocenters. The van der Waals surface area contributed by atoms with Gasteiger partial charge in [-0.3, -0.25) is 9.69 Å². The third-order valence-corrected chi connectivity index (χ3v) is 7.67. The van der Waals surface area contributed by atoms with Crippen molar-refractivity contribution in [2.75, 3.05) is 17.2 Å². The number of carbonyl (C=O) groups is 1. The second-order valence-electron chi connectivity index (χ2n) is 7.60. The maximum atomic E-state index is 13.2. The Morgan fingerprint density at radius 1 is 1.18 bits per heavy atom. The molecule has 2 aromatic heterocycles. The number of imidazole rings is 1. The number of nitrogens with zero attached hydrogens (tertiary/aromatic N) is 4. The lowest BCUT2D eigenvalue weighted by molar-refractivity contribution is -0.118. The molecular weight excluding hydrogens is 495 g/mol. The molecule has 0 aliphatic heterocycles. The summed E-state index contributed by atoms with van der Waals surface area (Å²) in [5, 5.41) is 1.50. The maximum Gasteiger partial charge on any atom is 0.229 e. The summed E-state index contributed by atoms with van der Waals surface area (Å²) < 4.78 is 3.15. The third kappa shape index (κ3) is 6.51. The van der Waals surface area contributed by atoms with Crippen molar-refractivity contribution in [2.24, 2.45) is 0 Å². The van der Waals surface area contributed by atoms with Crippen LogP contribution < -0.4 is 4.90 Å². The van der Waals surface area contributed by atoms with E-state index in [4.69, 9.17) is 16.6 Å². The largest absolute Gasteiger partial charge is 0.337 e. The number of benzene rings is 2. The van der Waals surface area contributed by atoms with Crippen LogP contribution in [-0.4, -0.2) is 32.7 Å². The molecule has 0 aliphatic carbocycles. The molecule has 1 amide bonds. The summed E-state index contributed by atoms with van der Waals surface area (Å²) in [6.07, 6.45) is 6.81. The van der Waals surface area contributed by atoms with Crippen LogP contribution in [0.2, 0.25) is 5.02 Å². The predicted molar refractivity (Wildman–Crippen MR) is 142 cm³/mol. The van der Waals surface area contributed by atoms with E-state index in [1.807, 2.05) is 39.9 Å². The smallest absolute Gasteiger partial charge is 0.229 e. The number of aryl methyl sites for hydroxylation is 3. The van der Waals surface area contributed by atoms with E-state index in [-0.39, 0.29) is 18.3 Å². The lowest BCUT2D eigenvalue weighted by Crippen LogP contribution is -2.32. The highest BCUT2D eigenvalue weighted by molar-refractivity contribution is 7.99. The van der Waals surface area contributed by atoms with Gasteiger partial charge in [0.1, 0.15) is 0 Å². The van der Waals surface area contributed by atoms with Crippen molar-refractivity contribution in [1.29, 1.82) is 0 Å². The number of anilines is 1. The van der Waals surface area contributed by atoms with Crippen molar-refractivity contribution in [3.63, 3.8) is 0 Å². The van der Waals surface area contributed by atoms with Gasteiger partial charge in [-0.05, 0) is 61.7 Å². The van der Waals surface area contributed by atoms with Gasteiger partial charge in [0.15, 0.2) is 5.13 Å². The molecule has 5 nitrogen and oxygen atoms in total. The van der Waals surface area contributed by atoms with E-state index in [0.717, 1.165) is 38.2 Å². The van der Waals surface area contributed by atoms with Gasteiger partial charge in [0.2, 0.25) is 5.91 Å². The number of amides is 1. The fourth-order valence-electron chi connectivity index (χ4n) is 3.41. The molecule has 0 saturated carbocycles. The standard InChI is InChI=1S/C24H25ClN4OS2.ClH/c1-17-4-9-21-23(18(17)2)27-24(32-21)29(13-3-12-28-14-11-26-16-28)22(30)10-15-31-20-7-5-19(25)6-8-20;/h4-9,11,14,16H,3,10,12-13,15H2,1-2H3;1H. The lowest BCUT2D eigenvalue weighted by Gasteiger charge is -2.20. The molecule has 4 aromatic rings. The summed E-state index contributed by atoms with van der Waals surface area (Å²) in [6, 6.07) is 11.9. The molecule has 9 heteroatoms. The van der Waals surface area contributed by atoms with Gasteiger partial charge in [-0.1, -0.05) is 29.0 Å². The monoisotopic (exact) mass is 520 g/mol. The molecule has 0 aliphatic rings. The van der Waals surface area contributed by atoms with Crippen LogP contribution in [0.15, 0.2) is 60.0 Å². The average molecular weight is 522 g/mol. The molecule has 0 saturated heterocycles. The summed E-state index contributed by atoms with van der Waals surface area (Å²) in [5.41, 5.74) is 3.38. The molecule has 0 bridgehead atoms. The Labute approximate surface area is 213 Å². The highest BCUT2D eigenvalue weighted by Crippen LogP contribution is 2.32. The van der Waals surface area contributed by atoms with Gasteiger partial charge < -0.3 is 4.57 Å². The molecule has 174 valence electrons. The quantitative estimate of drug-likeness (QED) is 0.228. The SMILES string of the molecule is Cc1ccc2sc(N(CCCn3ccnc3)C(=O)CCSc3ccc(Cl)cc3)nc2c1C.Cl.